The van der Waals surface area contributed by atoms with Crippen LogP contribution in [-0.2, 0) is 13.1 Å². The fraction of sp³-hybridized carbons (Fsp3) is 0.412. The normalized spacial score (nSPS) is 11.3. The second-order valence-corrected chi connectivity index (χ2v) is 6.59. The van der Waals surface area contributed by atoms with Crippen LogP contribution >= 0.6 is 35.3 Å². The van der Waals surface area contributed by atoms with Gasteiger partial charge in [0.15, 0.2) is 5.96 Å². The van der Waals surface area contributed by atoms with Crippen LogP contribution in [0.4, 0.5) is 0 Å². The van der Waals surface area contributed by atoms with E-state index in [1.807, 2.05) is 37.2 Å². The lowest BCUT2D eigenvalue weighted by Crippen LogP contribution is -2.36. The predicted octanol–water partition coefficient (Wildman–Crippen LogP) is 4.09. The summed E-state index contributed by atoms with van der Waals surface area (Å²) < 4.78 is 0. The fourth-order valence-electron chi connectivity index (χ4n) is 1.94. The van der Waals surface area contributed by atoms with E-state index in [-0.39, 0.29) is 24.0 Å². The van der Waals surface area contributed by atoms with Gasteiger partial charge in [-0.2, -0.15) is 0 Å². The van der Waals surface area contributed by atoms with Crippen LogP contribution < -0.4 is 5.32 Å². The van der Waals surface area contributed by atoms with Crippen LogP contribution in [0.25, 0.3) is 0 Å². The smallest absolute Gasteiger partial charge is 0.194 e. The van der Waals surface area contributed by atoms with E-state index in [0.717, 1.165) is 11.7 Å². The summed E-state index contributed by atoms with van der Waals surface area (Å²) in [6, 6.07) is 10.3. The quantitative estimate of drug-likeness (QED) is 0.429. The van der Waals surface area contributed by atoms with E-state index < -0.39 is 0 Å². The number of rotatable bonds is 5. The Morgan fingerprint density at radius 1 is 1.26 bits per heavy atom. The molecule has 1 heterocycles. The molecule has 126 valence electrons. The maximum atomic E-state index is 4.66. The van der Waals surface area contributed by atoms with E-state index >= 15 is 0 Å². The van der Waals surface area contributed by atoms with Crippen molar-refractivity contribution in [2.45, 2.75) is 32.9 Å². The number of guanidine groups is 1. The lowest BCUT2D eigenvalue weighted by Gasteiger charge is -2.17. The Balaban J connectivity index is 0.00000264. The van der Waals surface area contributed by atoms with Crippen molar-refractivity contribution in [2.75, 3.05) is 14.1 Å². The van der Waals surface area contributed by atoms with Crippen LogP contribution in [0.1, 0.15) is 36.0 Å². The molecule has 2 aromatic rings. The highest BCUT2D eigenvalue weighted by Crippen LogP contribution is 2.18. The largest absolute Gasteiger partial charge is 0.351 e. The van der Waals surface area contributed by atoms with Crippen LogP contribution in [0.5, 0.6) is 0 Å². The number of benzene rings is 1. The first-order valence-corrected chi connectivity index (χ1v) is 8.38. The highest BCUT2D eigenvalue weighted by Gasteiger charge is 2.07. The van der Waals surface area contributed by atoms with Crippen LogP contribution in [0, 0.1) is 0 Å². The molecule has 1 N–H and O–H groups in total. The molecule has 0 atom stereocenters. The van der Waals surface area contributed by atoms with Crippen molar-refractivity contribution in [2.24, 2.45) is 4.99 Å². The maximum Gasteiger partial charge on any atom is 0.194 e. The third kappa shape index (κ3) is 6.47. The fourth-order valence-corrected chi connectivity index (χ4v) is 2.78. The molecule has 0 unspecified atom stereocenters. The lowest BCUT2D eigenvalue weighted by molar-refractivity contribution is 0.577. The first-order valence-electron chi connectivity index (χ1n) is 7.50. The predicted molar refractivity (Wildman–Crippen MR) is 110 cm³/mol. The summed E-state index contributed by atoms with van der Waals surface area (Å²) in [7, 11) is 3.99. The number of aliphatic imine (C=N–C) groups is 1. The van der Waals surface area contributed by atoms with E-state index in [0.29, 0.717) is 19.0 Å². The van der Waals surface area contributed by atoms with Crippen molar-refractivity contribution in [1.82, 2.24) is 15.2 Å². The van der Waals surface area contributed by atoms with Crippen LogP contribution in [0.15, 0.2) is 40.7 Å². The highest BCUT2D eigenvalue weighted by atomic mass is 127. The van der Waals surface area contributed by atoms with Gasteiger partial charge in [0.2, 0.25) is 0 Å². The van der Waals surface area contributed by atoms with E-state index in [1.165, 1.54) is 10.6 Å². The Morgan fingerprint density at radius 3 is 2.52 bits per heavy atom. The standard InChI is InChI=1S/C17H24N4S.HI/c1-13(2)16-20-15(12-22-16)11-19-17(21(3)4)18-10-14-8-6-5-7-9-14;/h5-9,12-13H,10-11H2,1-4H3,(H,18,19);1H. The monoisotopic (exact) mass is 444 g/mol. The molecule has 0 bridgehead atoms. The van der Waals surface area contributed by atoms with Crippen molar-refractivity contribution < 1.29 is 0 Å². The van der Waals surface area contributed by atoms with Gasteiger partial charge in [-0.25, -0.2) is 9.98 Å². The summed E-state index contributed by atoms with van der Waals surface area (Å²) in [5.74, 6) is 1.36. The molecule has 6 heteroatoms. The average Bonchev–Trinajstić information content (AvgIpc) is 2.97. The Hall–Kier alpha value is -1.15. The van der Waals surface area contributed by atoms with Crippen molar-refractivity contribution in [3.8, 4) is 0 Å². The molecule has 4 nitrogen and oxygen atoms in total. The summed E-state index contributed by atoms with van der Waals surface area (Å²) in [4.78, 5) is 11.3. The minimum Gasteiger partial charge on any atom is -0.351 e. The zero-order chi connectivity index (χ0) is 15.9. The van der Waals surface area contributed by atoms with E-state index in [4.69, 9.17) is 0 Å². The van der Waals surface area contributed by atoms with Gasteiger partial charge in [-0.1, -0.05) is 44.2 Å². The van der Waals surface area contributed by atoms with Gasteiger partial charge in [-0.15, -0.1) is 35.3 Å². The third-order valence-corrected chi connectivity index (χ3v) is 4.36. The van der Waals surface area contributed by atoms with Crippen molar-refractivity contribution in [3.63, 3.8) is 0 Å². The van der Waals surface area contributed by atoms with E-state index in [1.54, 1.807) is 11.3 Å². The molecule has 0 saturated heterocycles. The number of halogens is 1. The summed E-state index contributed by atoms with van der Waals surface area (Å²) in [6.45, 7) is 5.72. The number of aromatic nitrogens is 1. The van der Waals surface area contributed by atoms with Gasteiger partial charge >= 0.3 is 0 Å². The van der Waals surface area contributed by atoms with E-state index in [2.05, 4.69) is 46.7 Å². The van der Waals surface area contributed by atoms with Gasteiger partial charge < -0.3 is 10.2 Å². The molecular weight excluding hydrogens is 419 g/mol. The summed E-state index contributed by atoms with van der Waals surface area (Å²) in [5.41, 5.74) is 2.28. The average molecular weight is 444 g/mol. The topological polar surface area (TPSA) is 40.5 Å². The molecule has 0 fully saturated rings. The Morgan fingerprint density at radius 2 is 1.96 bits per heavy atom. The zero-order valence-corrected chi connectivity index (χ0v) is 17.3. The van der Waals surface area contributed by atoms with Gasteiger partial charge in [0.05, 0.1) is 23.8 Å². The van der Waals surface area contributed by atoms with Crippen LogP contribution in [-0.4, -0.2) is 29.9 Å². The minimum atomic E-state index is 0. The molecule has 0 radical (unpaired) electrons. The first-order chi connectivity index (χ1) is 10.6. The zero-order valence-electron chi connectivity index (χ0n) is 14.1. The molecule has 0 aliphatic heterocycles. The second-order valence-electron chi connectivity index (χ2n) is 5.71. The van der Waals surface area contributed by atoms with Crippen molar-refractivity contribution >= 4 is 41.3 Å². The van der Waals surface area contributed by atoms with Crippen molar-refractivity contribution in [3.05, 3.63) is 52.0 Å². The molecule has 23 heavy (non-hydrogen) atoms. The van der Waals surface area contributed by atoms with Gasteiger partial charge in [-0.05, 0) is 5.56 Å². The summed E-state index contributed by atoms with van der Waals surface area (Å²) in [5, 5.41) is 6.68. The van der Waals surface area contributed by atoms with Gasteiger partial charge in [0.1, 0.15) is 0 Å². The SMILES string of the molecule is CC(C)c1nc(CNC(=NCc2ccccc2)N(C)C)cs1.I. The van der Waals surface area contributed by atoms with Crippen LogP contribution in [0.3, 0.4) is 0 Å². The Bertz CT molecular complexity index is 608. The molecule has 1 aromatic carbocycles. The number of hydrogen-bond acceptors (Lipinski definition) is 3. The lowest BCUT2D eigenvalue weighted by atomic mass is 10.2. The summed E-state index contributed by atoms with van der Waals surface area (Å²) >= 11 is 1.72. The first kappa shape index (κ1) is 19.9. The molecule has 1 aromatic heterocycles. The Kier molecular flexibility index (Phi) is 8.54. The van der Waals surface area contributed by atoms with Crippen LogP contribution in [0.2, 0.25) is 0 Å². The third-order valence-electron chi connectivity index (χ3n) is 3.17. The highest BCUT2D eigenvalue weighted by molar-refractivity contribution is 14.0. The number of thiazole rings is 1. The molecule has 0 aliphatic rings. The van der Waals surface area contributed by atoms with Gasteiger partial charge in [0.25, 0.3) is 0 Å². The number of nitrogens with zero attached hydrogens (tertiary/aromatic N) is 3. The summed E-state index contributed by atoms with van der Waals surface area (Å²) in [6.07, 6.45) is 0. The van der Waals surface area contributed by atoms with E-state index in [9.17, 15) is 0 Å². The number of nitrogens with one attached hydrogen (secondary N) is 1. The minimum absolute atomic E-state index is 0. The molecule has 2 rings (SSSR count). The molecular formula is C17H25IN4S. The van der Waals surface area contributed by atoms with Gasteiger partial charge in [0, 0.05) is 25.4 Å². The maximum absolute atomic E-state index is 4.66. The second kappa shape index (κ2) is 9.87. The Labute approximate surface area is 160 Å². The molecule has 0 amide bonds. The van der Waals surface area contributed by atoms with Crippen molar-refractivity contribution in [1.29, 1.82) is 0 Å². The molecule has 0 spiro atoms. The van der Waals surface area contributed by atoms with Gasteiger partial charge in [-0.3, -0.25) is 0 Å². The number of hydrogen-bond donors (Lipinski definition) is 1. The molecule has 0 aliphatic carbocycles. The molecule has 0 saturated carbocycles.